The highest BCUT2D eigenvalue weighted by Gasteiger charge is 2.12. The standard InChI is InChI=1S/C12H15ClN2/c1-9-12(7-11(13)8-14-9)10-3-5-15(2)6-4-10/h3,7-8H,4-6H2,1-2H3. The third kappa shape index (κ3) is 2.39. The predicted molar refractivity (Wildman–Crippen MR) is 64.1 cm³/mol. The zero-order chi connectivity index (χ0) is 10.8. The van der Waals surface area contributed by atoms with Crippen molar-refractivity contribution in [2.45, 2.75) is 13.3 Å². The van der Waals surface area contributed by atoms with Crippen LogP contribution in [-0.4, -0.2) is 30.0 Å². The summed E-state index contributed by atoms with van der Waals surface area (Å²) in [5.41, 5.74) is 3.64. The van der Waals surface area contributed by atoms with Crippen molar-refractivity contribution in [1.82, 2.24) is 9.88 Å². The van der Waals surface area contributed by atoms with Crippen molar-refractivity contribution < 1.29 is 0 Å². The monoisotopic (exact) mass is 222 g/mol. The van der Waals surface area contributed by atoms with E-state index in [1.807, 2.05) is 13.0 Å². The Morgan fingerprint density at radius 2 is 2.27 bits per heavy atom. The van der Waals surface area contributed by atoms with Crippen molar-refractivity contribution in [3.8, 4) is 0 Å². The highest BCUT2D eigenvalue weighted by molar-refractivity contribution is 6.30. The van der Waals surface area contributed by atoms with E-state index in [0.29, 0.717) is 0 Å². The maximum atomic E-state index is 5.96. The fourth-order valence-electron chi connectivity index (χ4n) is 1.85. The number of likely N-dealkylation sites (N-methyl/N-ethyl adjacent to an activating group) is 1. The van der Waals surface area contributed by atoms with Gasteiger partial charge in [-0.2, -0.15) is 0 Å². The molecule has 0 aliphatic carbocycles. The summed E-state index contributed by atoms with van der Waals surface area (Å²) in [7, 11) is 2.14. The lowest BCUT2D eigenvalue weighted by molar-refractivity contribution is 0.370. The van der Waals surface area contributed by atoms with E-state index >= 15 is 0 Å². The van der Waals surface area contributed by atoms with Gasteiger partial charge < -0.3 is 4.90 Å². The van der Waals surface area contributed by atoms with Crippen LogP contribution in [0.15, 0.2) is 18.3 Å². The molecule has 2 heterocycles. The van der Waals surface area contributed by atoms with E-state index in [9.17, 15) is 0 Å². The molecule has 0 bridgehead atoms. The average Bonchev–Trinajstić information content (AvgIpc) is 2.23. The highest BCUT2D eigenvalue weighted by atomic mass is 35.5. The van der Waals surface area contributed by atoms with Crippen molar-refractivity contribution in [2.24, 2.45) is 0 Å². The van der Waals surface area contributed by atoms with Crippen LogP contribution < -0.4 is 0 Å². The first kappa shape index (κ1) is 10.7. The van der Waals surface area contributed by atoms with E-state index in [4.69, 9.17) is 11.6 Å². The zero-order valence-electron chi connectivity index (χ0n) is 9.13. The average molecular weight is 223 g/mol. The van der Waals surface area contributed by atoms with E-state index in [-0.39, 0.29) is 0 Å². The Bertz CT molecular complexity index is 399. The molecule has 3 heteroatoms. The Morgan fingerprint density at radius 1 is 1.47 bits per heavy atom. The lowest BCUT2D eigenvalue weighted by atomic mass is 9.99. The van der Waals surface area contributed by atoms with Gasteiger partial charge in [-0.25, -0.2) is 0 Å². The van der Waals surface area contributed by atoms with Crippen molar-refractivity contribution in [3.05, 3.63) is 34.6 Å². The first-order valence-electron chi connectivity index (χ1n) is 5.17. The molecule has 0 radical (unpaired) electrons. The van der Waals surface area contributed by atoms with Gasteiger partial charge in [-0.15, -0.1) is 0 Å². The number of aromatic nitrogens is 1. The van der Waals surface area contributed by atoms with Crippen LogP contribution in [-0.2, 0) is 0 Å². The molecule has 0 fully saturated rings. The van der Waals surface area contributed by atoms with E-state index < -0.39 is 0 Å². The largest absolute Gasteiger partial charge is 0.302 e. The van der Waals surface area contributed by atoms with Crippen LogP contribution >= 0.6 is 11.6 Å². The molecule has 0 aromatic carbocycles. The van der Waals surface area contributed by atoms with Gasteiger partial charge in [0.15, 0.2) is 0 Å². The maximum absolute atomic E-state index is 5.96. The van der Waals surface area contributed by atoms with Crippen LogP contribution in [0.25, 0.3) is 5.57 Å². The van der Waals surface area contributed by atoms with Crippen LogP contribution in [0.1, 0.15) is 17.7 Å². The molecule has 15 heavy (non-hydrogen) atoms. The first-order chi connectivity index (χ1) is 7.16. The molecule has 0 unspecified atom stereocenters. The van der Waals surface area contributed by atoms with Gasteiger partial charge in [0.05, 0.1) is 5.02 Å². The number of halogens is 1. The van der Waals surface area contributed by atoms with Gasteiger partial charge in [-0.05, 0) is 32.0 Å². The molecule has 2 rings (SSSR count). The minimum absolute atomic E-state index is 0.718. The van der Waals surface area contributed by atoms with Gasteiger partial charge in [0.2, 0.25) is 0 Å². The molecule has 1 aromatic rings. The summed E-state index contributed by atoms with van der Waals surface area (Å²) in [6.07, 6.45) is 5.05. The molecular weight excluding hydrogens is 208 g/mol. The van der Waals surface area contributed by atoms with Gasteiger partial charge in [-0.3, -0.25) is 4.98 Å². The normalized spacial score (nSPS) is 17.7. The third-order valence-corrected chi connectivity index (χ3v) is 3.02. The van der Waals surface area contributed by atoms with E-state index in [0.717, 1.165) is 30.2 Å². The van der Waals surface area contributed by atoms with Crippen LogP contribution in [0.4, 0.5) is 0 Å². The number of hydrogen-bond donors (Lipinski definition) is 0. The molecule has 0 atom stereocenters. The summed E-state index contributed by atoms with van der Waals surface area (Å²) in [4.78, 5) is 6.59. The smallest absolute Gasteiger partial charge is 0.0595 e. The maximum Gasteiger partial charge on any atom is 0.0595 e. The summed E-state index contributed by atoms with van der Waals surface area (Å²) < 4.78 is 0. The number of hydrogen-bond acceptors (Lipinski definition) is 2. The van der Waals surface area contributed by atoms with Crippen LogP contribution in [0.3, 0.4) is 0 Å². The van der Waals surface area contributed by atoms with Gasteiger partial charge in [-0.1, -0.05) is 17.7 Å². The fourth-order valence-corrected chi connectivity index (χ4v) is 2.01. The minimum Gasteiger partial charge on any atom is -0.302 e. The number of rotatable bonds is 1. The summed E-state index contributed by atoms with van der Waals surface area (Å²) in [5.74, 6) is 0. The fraction of sp³-hybridized carbons (Fsp3) is 0.417. The van der Waals surface area contributed by atoms with Crippen molar-refractivity contribution in [3.63, 3.8) is 0 Å². The Morgan fingerprint density at radius 3 is 2.93 bits per heavy atom. The van der Waals surface area contributed by atoms with E-state index in [1.54, 1.807) is 6.20 Å². The summed E-state index contributed by atoms with van der Waals surface area (Å²) in [6, 6.07) is 2.01. The summed E-state index contributed by atoms with van der Waals surface area (Å²) >= 11 is 5.96. The van der Waals surface area contributed by atoms with E-state index in [2.05, 4.69) is 23.0 Å². The topological polar surface area (TPSA) is 16.1 Å². The van der Waals surface area contributed by atoms with Gasteiger partial charge in [0.25, 0.3) is 0 Å². The Labute approximate surface area is 95.6 Å². The SMILES string of the molecule is Cc1ncc(Cl)cc1C1=CCN(C)CC1. The number of pyridine rings is 1. The molecule has 2 nitrogen and oxygen atoms in total. The second-order valence-corrected chi connectivity index (χ2v) is 4.46. The molecule has 0 saturated carbocycles. The van der Waals surface area contributed by atoms with Crippen LogP contribution in [0.2, 0.25) is 5.02 Å². The van der Waals surface area contributed by atoms with Gasteiger partial charge in [0.1, 0.15) is 0 Å². The van der Waals surface area contributed by atoms with Crippen molar-refractivity contribution in [1.29, 1.82) is 0 Å². The third-order valence-electron chi connectivity index (χ3n) is 2.81. The molecule has 1 aromatic heterocycles. The predicted octanol–water partition coefficient (Wildman–Crippen LogP) is 2.76. The molecule has 0 spiro atoms. The Hall–Kier alpha value is -0.860. The van der Waals surface area contributed by atoms with Crippen LogP contribution in [0, 0.1) is 6.92 Å². The first-order valence-corrected chi connectivity index (χ1v) is 5.54. The Kier molecular flexibility index (Phi) is 3.08. The molecule has 0 saturated heterocycles. The van der Waals surface area contributed by atoms with Gasteiger partial charge >= 0.3 is 0 Å². The summed E-state index contributed by atoms with van der Waals surface area (Å²) in [6.45, 7) is 4.16. The lowest BCUT2D eigenvalue weighted by Crippen LogP contribution is -2.23. The van der Waals surface area contributed by atoms with Crippen molar-refractivity contribution >= 4 is 17.2 Å². The molecule has 80 valence electrons. The second-order valence-electron chi connectivity index (χ2n) is 4.03. The quantitative estimate of drug-likeness (QED) is 0.727. The Balaban J connectivity index is 2.33. The van der Waals surface area contributed by atoms with Crippen LogP contribution in [0.5, 0.6) is 0 Å². The molecule has 1 aliphatic heterocycles. The molecule has 0 N–H and O–H groups in total. The molecule has 1 aliphatic rings. The zero-order valence-corrected chi connectivity index (χ0v) is 9.88. The molecule has 0 amide bonds. The number of aryl methyl sites for hydroxylation is 1. The highest BCUT2D eigenvalue weighted by Crippen LogP contribution is 2.25. The minimum atomic E-state index is 0.718. The second kappa shape index (κ2) is 4.33. The number of nitrogens with zero attached hydrogens (tertiary/aromatic N) is 2. The van der Waals surface area contributed by atoms with Crippen molar-refractivity contribution in [2.75, 3.05) is 20.1 Å². The lowest BCUT2D eigenvalue weighted by Gasteiger charge is -2.22. The molecular formula is C12H15ClN2. The van der Waals surface area contributed by atoms with E-state index in [1.165, 1.54) is 11.1 Å². The summed E-state index contributed by atoms with van der Waals surface area (Å²) in [5, 5.41) is 0.718. The van der Waals surface area contributed by atoms with Gasteiger partial charge in [0, 0.05) is 30.5 Å².